The van der Waals surface area contributed by atoms with Gasteiger partial charge in [0.2, 0.25) is 0 Å². The molecular weight excluding hydrogens is 412 g/mol. The van der Waals surface area contributed by atoms with Crippen LogP contribution in [0.1, 0.15) is 45.6 Å². The summed E-state index contributed by atoms with van der Waals surface area (Å²) in [5.41, 5.74) is 4.74. The summed E-state index contributed by atoms with van der Waals surface area (Å²) >= 11 is 0. The maximum atomic E-state index is 10.9. The number of anilines is 1. The van der Waals surface area contributed by atoms with E-state index in [1.807, 2.05) is 19.1 Å². The quantitative estimate of drug-likeness (QED) is 0.285. The van der Waals surface area contributed by atoms with Crippen LogP contribution >= 0.6 is 0 Å². The zero-order chi connectivity index (χ0) is 23.5. The zero-order valence-corrected chi connectivity index (χ0v) is 18.5. The minimum atomic E-state index is -0.802. The molecule has 32 heavy (non-hydrogen) atoms. The van der Waals surface area contributed by atoms with Gasteiger partial charge in [0.25, 0.3) is 5.69 Å². The number of nitrogens with zero attached hydrogens (tertiary/aromatic N) is 3. The van der Waals surface area contributed by atoms with E-state index in [0.717, 1.165) is 22.4 Å². The van der Waals surface area contributed by atoms with Gasteiger partial charge >= 0.3 is 5.97 Å². The van der Waals surface area contributed by atoms with Gasteiger partial charge in [-0.3, -0.25) is 14.9 Å². The molecule has 0 saturated carbocycles. The normalized spacial score (nSPS) is 14.8. The molecule has 9 heteroatoms. The predicted molar refractivity (Wildman–Crippen MR) is 122 cm³/mol. The lowest BCUT2D eigenvalue weighted by Crippen LogP contribution is -2.37. The van der Waals surface area contributed by atoms with Crippen LogP contribution in [0, 0.1) is 10.1 Å². The van der Waals surface area contributed by atoms with Gasteiger partial charge in [-0.15, -0.1) is 5.11 Å². The Kier molecular flexibility index (Phi) is 6.57. The number of methoxy groups -OCH3 is 1. The van der Waals surface area contributed by atoms with E-state index in [-0.39, 0.29) is 17.6 Å². The lowest BCUT2D eigenvalue weighted by molar-refractivity contribution is -0.384. The highest BCUT2D eigenvalue weighted by atomic mass is 16.6. The average Bonchev–Trinajstić information content (AvgIpc) is 2.74. The number of allylic oxidation sites excluding steroid dienone is 1. The van der Waals surface area contributed by atoms with Crippen molar-refractivity contribution in [3.63, 3.8) is 0 Å². The van der Waals surface area contributed by atoms with Crippen LogP contribution in [-0.2, 0) is 4.79 Å². The minimum Gasteiger partial charge on any atom is -0.494 e. The third-order valence-corrected chi connectivity index (χ3v) is 5.53. The van der Waals surface area contributed by atoms with Crippen molar-refractivity contribution in [3.05, 3.63) is 57.6 Å². The Bertz CT molecular complexity index is 1100. The first-order chi connectivity index (χ1) is 15.1. The van der Waals surface area contributed by atoms with E-state index in [1.54, 1.807) is 7.11 Å². The van der Waals surface area contributed by atoms with Gasteiger partial charge in [0.15, 0.2) is 0 Å². The van der Waals surface area contributed by atoms with Gasteiger partial charge in [-0.25, -0.2) is 0 Å². The summed E-state index contributed by atoms with van der Waals surface area (Å²) in [6, 6.07) is 9.57. The van der Waals surface area contributed by atoms with Gasteiger partial charge in [-0.2, -0.15) is 5.11 Å². The van der Waals surface area contributed by atoms with Crippen LogP contribution in [0.2, 0.25) is 0 Å². The standard InChI is InChI=1S/C23H26N4O5/c1-14-17-12-20(26-25-15-8-10-16(11-9-15)27(30)31)21(32-4)13-19(17)24-23(2,3)18(14)6-5-7-22(28)29/h8-13,24H,5-7H2,1-4H3,(H,28,29). The van der Waals surface area contributed by atoms with Crippen LogP contribution in [0.3, 0.4) is 0 Å². The second-order valence-electron chi connectivity index (χ2n) is 8.14. The van der Waals surface area contributed by atoms with Crippen molar-refractivity contribution < 1.29 is 19.6 Å². The largest absolute Gasteiger partial charge is 0.494 e. The van der Waals surface area contributed by atoms with Crippen LogP contribution in [0.5, 0.6) is 5.75 Å². The molecule has 0 bridgehead atoms. The zero-order valence-electron chi connectivity index (χ0n) is 18.5. The van der Waals surface area contributed by atoms with Crippen molar-refractivity contribution in [2.45, 2.75) is 45.6 Å². The number of nitro groups is 1. The van der Waals surface area contributed by atoms with Crippen molar-refractivity contribution in [1.82, 2.24) is 0 Å². The van der Waals surface area contributed by atoms with Crippen LogP contribution in [0.4, 0.5) is 22.7 Å². The average molecular weight is 438 g/mol. The molecule has 1 heterocycles. The second-order valence-corrected chi connectivity index (χ2v) is 8.14. The molecule has 1 aliphatic rings. The lowest BCUT2D eigenvalue weighted by Gasteiger charge is -2.38. The highest BCUT2D eigenvalue weighted by Crippen LogP contribution is 2.45. The van der Waals surface area contributed by atoms with E-state index in [2.05, 4.69) is 29.4 Å². The molecule has 0 aliphatic carbocycles. The Morgan fingerprint density at radius 2 is 1.91 bits per heavy atom. The molecule has 168 valence electrons. The summed E-state index contributed by atoms with van der Waals surface area (Å²) in [4.78, 5) is 21.3. The maximum absolute atomic E-state index is 10.9. The Morgan fingerprint density at radius 3 is 2.50 bits per heavy atom. The van der Waals surface area contributed by atoms with Crippen molar-refractivity contribution in [3.8, 4) is 5.75 Å². The summed E-state index contributed by atoms with van der Waals surface area (Å²) in [6.45, 7) is 6.18. The number of rotatable bonds is 8. The molecule has 1 aliphatic heterocycles. The van der Waals surface area contributed by atoms with Crippen molar-refractivity contribution >= 4 is 34.3 Å². The van der Waals surface area contributed by atoms with E-state index in [4.69, 9.17) is 9.84 Å². The van der Waals surface area contributed by atoms with Gasteiger partial charge in [-0.05, 0) is 63.0 Å². The fraction of sp³-hybridized carbons (Fsp3) is 0.348. The molecule has 0 aromatic heterocycles. The molecule has 0 atom stereocenters. The number of non-ortho nitro benzene ring substituents is 1. The molecule has 0 unspecified atom stereocenters. The smallest absolute Gasteiger partial charge is 0.303 e. The van der Waals surface area contributed by atoms with E-state index in [9.17, 15) is 14.9 Å². The van der Waals surface area contributed by atoms with Crippen LogP contribution < -0.4 is 10.1 Å². The first-order valence-corrected chi connectivity index (χ1v) is 10.2. The predicted octanol–water partition coefficient (Wildman–Crippen LogP) is 6.25. The van der Waals surface area contributed by atoms with Gasteiger partial charge in [0, 0.05) is 35.9 Å². The fourth-order valence-electron chi connectivity index (χ4n) is 3.94. The van der Waals surface area contributed by atoms with Crippen LogP contribution in [0.15, 0.2) is 52.2 Å². The Hall–Kier alpha value is -3.75. The second kappa shape index (κ2) is 9.17. The van der Waals surface area contributed by atoms with E-state index in [0.29, 0.717) is 30.0 Å². The monoisotopic (exact) mass is 438 g/mol. The van der Waals surface area contributed by atoms with E-state index >= 15 is 0 Å². The summed E-state index contributed by atoms with van der Waals surface area (Å²) in [7, 11) is 1.56. The molecule has 2 aromatic rings. The summed E-state index contributed by atoms with van der Waals surface area (Å²) in [5, 5.41) is 31.8. The number of carbonyl (C=O) groups is 1. The Morgan fingerprint density at radius 1 is 1.22 bits per heavy atom. The molecule has 0 saturated heterocycles. The SMILES string of the molecule is COc1cc2c(cc1N=Nc1ccc([N+](=O)[O-])cc1)C(C)=C(CCCC(=O)O)C(C)(C)N2. The molecule has 0 spiro atoms. The first-order valence-electron chi connectivity index (χ1n) is 10.2. The maximum Gasteiger partial charge on any atom is 0.303 e. The summed E-state index contributed by atoms with van der Waals surface area (Å²) < 4.78 is 5.51. The number of nitrogens with one attached hydrogen (secondary N) is 1. The Labute approximate surface area is 186 Å². The Balaban J connectivity index is 1.96. The number of fused-ring (bicyclic) bond motifs is 1. The number of hydrogen-bond donors (Lipinski definition) is 2. The van der Waals surface area contributed by atoms with Crippen molar-refractivity contribution in [2.24, 2.45) is 10.2 Å². The van der Waals surface area contributed by atoms with Crippen LogP contribution in [0.25, 0.3) is 5.57 Å². The number of benzene rings is 2. The number of carboxylic acid groups (broad SMARTS) is 1. The van der Waals surface area contributed by atoms with Gasteiger partial charge in [0.05, 0.1) is 23.3 Å². The first kappa shape index (κ1) is 22.9. The molecule has 2 aromatic carbocycles. The third-order valence-electron chi connectivity index (χ3n) is 5.53. The molecule has 0 amide bonds. The third kappa shape index (κ3) is 4.93. The highest BCUT2D eigenvalue weighted by molar-refractivity contribution is 5.86. The topological polar surface area (TPSA) is 126 Å². The molecule has 2 N–H and O–H groups in total. The molecule has 3 rings (SSSR count). The molecule has 9 nitrogen and oxygen atoms in total. The van der Waals surface area contributed by atoms with Gasteiger partial charge in [-0.1, -0.05) is 0 Å². The summed E-state index contributed by atoms with van der Waals surface area (Å²) in [5.74, 6) is -0.260. The number of ether oxygens (including phenoxy) is 1. The van der Waals surface area contributed by atoms with Gasteiger partial charge < -0.3 is 15.2 Å². The van der Waals surface area contributed by atoms with Gasteiger partial charge in [0.1, 0.15) is 11.4 Å². The van der Waals surface area contributed by atoms with E-state index in [1.165, 1.54) is 24.3 Å². The highest BCUT2D eigenvalue weighted by Gasteiger charge is 2.31. The van der Waals surface area contributed by atoms with E-state index < -0.39 is 10.9 Å². The summed E-state index contributed by atoms with van der Waals surface area (Å²) in [6.07, 6.45) is 1.35. The number of azo groups is 1. The molecular formula is C23H26N4O5. The number of hydrogen-bond acceptors (Lipinski definition) is 7. The minimum absolute atomic E-state index is 0.0137. The van der Waals surface area contributed by atoms with Crippen LogP contribution in [-0.4, -0.2) is 28.6 Å². The van der Waals surface area contributed by atoms with Crippen molar-refractivity contribution in [1.29, 1.82) is 0 Å². The number of carboxylic acids is 1. The molecule has 0 radical (unpaired) electrons. The lowest BCUT2D eigenvalue weighted by atomic mass is 9.80. The number of aliphatic carboxylic acids is 1. The fourth-order valence-corrected chi connectivity index (χ4v) is 3.94. The van der Waals surface area contributed by atoms with Crippen molar-refractivity contribution in [2.75, 3.05) is 12.4 Å². The number of nitro benzene ring substituents is 1. The molecule has 0 fully saturated rings.